The van der Waals surface area contributed by atoms with Crippen molar-refractivity contribution < 1.29 is 19.2 Å². The third-order valence-corrected chi connectivity index (χ3v) is 2.61. The highest BCUT2D eigenvalue weighted by Gasteiger charge is 2.33. The van der Waals surface area contributed by atoms with Gasteiger partial charge in [0.05, 0.1) is 18.5 Å². The van der Waals surface area contributed by atoms with Crippen molar-refractivity contribution in [3.8, 4) is 5.75 Å². The molecule has 1 aromatic carbocycles. The van der Waals surface area contributed by atoms with Crippen molar-refractivity contribution in [1.29, 1.82) is 0 Å². The molecule has 2 rings (SSSR count). The lowest BCUT2D eigenvalue weighted by Crippen LogP contribution is -2.29. The van der Waals surface area contributed by atoms with Crippen LogP contribution >= 0.6 is 0 Å². The van der Waals surface area contributed by atoms with E-state index in [1.807, 2.05) is 0 Å². The maximum Gasteiger partial charge on any atom is 0.309 e. The number of carbonyl (C=O) groups excluding carboxylic acids is 1. The molecular formula is C12H11NO5. The van der Waals surface area contributed by atoms with Gasteiger partial charge in [-0.15, -0.1) is 0 Å². The molecule has 0 unspecified atom stereocenters. The van der Waals surface area contributed by atoms with Gasteiger partial charge in [-0.2, -0.15) is 0 Å². The van der Waals surface area contributed by atoms with Crippen LogP contribution in [0.25, 0.3) is 6.08 Å². The highest BCUT2D eigenvalue weighted by atomic mass is 16.6. The highest BCUT2D eigenvalue weighted by Crippen LogP contribution is 2.30. The summed E-state index contributed by atoms with van der Waals surface area (Å²) in [5.41, 5.74) is 0.490. The predicted octanol–water partition coefficient (Wildman–Crippen LogP) is 1.63. The van der Waals surface area contributed by atoms with Gasteiger partial charge in [-0.1, -0.05) is 18.2 Å². The van der Waals surface area contributed by atoms with E-state index in [4.69, 9.17) is 4.74 Å². The second-order valence-corrected chi connectivity index (χ2v) is 3.75. The summed E-state index contributed by atoms with van der Waals surface area (Å²) in [6, 6.07) is 6.94. The van der Waals surface area contributed by atoms with Gasteiger partial charge in [-0.25, -0.2) is 0 Å². The van der Waals surface area contributed by atoms with Crippen LogP contribution in [0.2, 0.25) is 0 Å². The normalized spacial score (nSPS) is 17.2. The second kappa shape index (κ2) is 4.87. The molecule has 0 aromatic heterocycles. The zero-order chi connectivity index (χ0) is 13.1. The van der Waals surface area contributed by atoms with Gasteiger partial charge in [-0.05, 0) is 6.07 Å². The molecule has 0 amide bonds. The predicted molar refractivity (Wildman–Crippen MR) is 62.5 cm³/mol. The van der Waals surface area contributed by atoms with Crippen molar-refractivity contribution >= 4 is 12.0 Å². The molecule has 0 aliphatic carbocycles. The topological polar surface area (TPSA) is 78.7 Å². The lowest BCUT2D eigenvalue weighted by atomic mass is 10.1. The molecule has 1 aliphatic heterocycles. The molecule has 18 heavy (non-hydrogen) atoms. The Hall–Kier alpha value is -2.37. The number of hydrogen-bond acceptors (Lipinski definition) is 5. The third kappa shape index (κ3) is 2.32. The summed E-state index contributed by atoms with van der Waals surface area (Å²) in [4.78, 5) is 21.6. The number of hydrogen-bond donors (Lipinski definition) is 0. The summed E-state index contributed by atoms with van der Waals surface area (Å²) in [6.07, 6.45) is 0.326. The van der Waals surface area contributed by atoms with E-state index in [1.165, 1.54) is 13.2 Å². The molecule has 6 nitrogen and oxygen atoms in total. The second-order valence-electron chi connectivity index (χ2n) is 3.75. The van der Waals surface area contributed by atoms with E-state index in [0.717, 1.165) is 0 Å². The first-order chi connectivity index (χ1) is 8.61. The quantitative estimate of drug-likeness (QED) is 0.462. The molecule has 0 N–H and O–H groups in total. The van der Waals surface area contributed by atoms with E-state index in [-0.39, 0.29) is 12.1 Å². The third-order valence-electron chi connectivity index (χ3n) is 2.61. The number of carbonyl (C=O) groups is 1. The standard InChI is InChI=1S/C12H11NO5/c1-17-12(14)7-11-9(13(15)16)6-8-4-2-3-5-10(8)18-11/h2-6,11H,7H2,1H3/t11-/m1/s1. The lowest BCUT2D eigenvalue weighted by Gasteiger charge is -2.21. The van der Waals surface area contributed by atoms with Gasteiger partial charge in [0, 0.05) is 11.6 Å². The van der Waals surface area contributed by atoms with Crippen LogP contribution in [0.1, 0.15) is 12.0 Å². The SMILES string of the molecule is COC(=O)C[C@H]1Oc2ccccc2C=C1[N+](=O)[O-]. The summed E-state index contributed by atoms with van der Waals surface area (Å²) in [5, 5.41) is 10.9. The molecule has 6 heteroatoms. The number of esters is 1. The van der Waals surface area contributed by atoms with Gasteiger partial charge >= 0.3 is 5.97 Å². The minimum atomic E-state index is -0.914. The zero-order valence-electron chi connectivity index (χ0n) is 9.66. The summed E-state index contributed by atoms with van der Waals surface area (Å²) >= 11 is 0. The van der Waals surface area contributed by atoms with Crippen molar-refractivity contribution in [3.05, 3.63) is 45.6 Å². The van der Waals surface area contributed by atoms with Gasteiger partial charge in [0.2, 0.25) is 0 Å². The van der Waals surface area contributed by atoms with Crippen LogP contribution in [0.15, 0.2) is 30.0 Å². The average molecular weight is 249 g/mol. The van der Waals surface area contributed by atoms with Crippen LogP contribution in [0.5, 0.6) is 5.75 Å². The Balaban J connectivity index is 2.33. The fourth-order valence-corrected chi connectivity index (χ4v) is 1.72. The fourth-order valence-electron chi connectivity index (χ4n) is 1.72. The average Bonchev–Trinajstić information content (AvgIpc) is 2.37. The van der Waals surface area contributed by atoms with Gasteiger partial charge in [0.15, 0.2) is 6.10 Å². The van der Waals surface area contributed by atoms with E-state index in [2.05, 4.69) is 4.74 Å². The Morgan fingerprint density at radius 1 is 1.50 bits per heavy atom. The molecule has 1 atom stereocenters. The molecule has 1 aromatic rings. The minimum Gasteiger partial charge on any atom is -0.478 e. The zero-order valence-corrected chi connectivity index (χ0v) is 9.66. The molecule has 0 bridgehead atoms. The highest BCUT2D eigenvalue weighted by molar-refractivity contribution is 5.72. The number of para-hydroxylation sites is 1. The Morgan fingerprint density at radius 3 is 2.89 bits per heavy atom. The monoisotopic (exact) mass is 249 g/mol. The number of nitro groups is 1. The van der Waals surface area contributed by atoms with Crippen molar-refractivity contribution in [1.82, 2.24) is 0 Å². The fraction of sp³-hybridized carbons (Fsp3) is 0.250. The van der Waals surface area contributed by atoms with Crippen LogP contribution in [0, 0.1) is 10.1 Å². The first-order valence-electron chi connectivity index (χ1n) is 5.30. The first-order valence-corrected chi connectivity index (χ1v) is 5.30. The number of rotatable bonds is 3. The summed E-state index contributed by atoms with van der Waals surface area (Å²) < 4.78 is 9.97. The molecule has 0 saturated heterocycles. The Kier molecular flexibility index (Phi) is 3.27. The number of nitrogens with zero attached hydrogens (tertiary/aromatic N) is 1. The molecule has 0 radical (unpaired) electrons. The van der Waals surface area contributed by atoms with Gasteiger partial charge in [0.25, 0.3) is 5.70 Å². The number of ether oxygens (including phenoxy) is 2. The van der Waals surface area contributed by atoms with Crippen molar-refractivity contribution in [2.45, 2.75) is 12.5 Å². The summed E-state index contributed by atoms with van der Waals surface area (Å²) in [6.45, 7) is 0. The lowest BCUT2D eigenvalue weighted by molar-refractivity contribution is -0.433. The van der Waals surface area contributed by atoms with Crippen LogP contribution in [-0.4, -0.2) is 24.1 Å². The van der Waals surface area contributed by atoms with Gasteiger partial charge in [-0.3, -0.25) is 14.9 Å². The Bertz CT molecular complexity index is 523. The van der Waals surface area contributed by atoms with E-state index >= 15 is 0 Å². The van der Waals surface area contributed by atoms with Crippen LogP contribution in [0.3, 0.4) is 0 Å². The van der Waals surface area contributed by atoms with Crippen LogP contribution in [0.4, 0.5) is 0 Å². The first kappa shape index (κ1) is 12.1. The van der Waals surface area contributed by atoms with Crippen molar-refractivity contribution in [2.75, 3.05) is 7.11 Å². The van der Waals surface area contributed by atoms with Gasteiger partial charge in [0.1, 0.15) is 5.75 Å². The van der Waals surface area contributed by atoms with Crippen LogP contribution in [-0.2, 0) is 9.53 Å². The van der Waals surface area contributed by atoms with Crippen molar-refractivity contribution in [3.63, 3.8) is 0 Å². The smallest absolute Gasteiger partial charge is 0.309 e. The van der Waals surface area contributed by atoms with Crippen LogP contribution < -0.4 is 4.74 Å². The largest absolute Gasteiger partial charge is 0.478 e. The molecule has 0 spiro atoms. The summed E-state index contributed by atoms with van der Waals surface area (Å²) in [5.74, 6) is -0.0239. The van der Waals surface area contributed by atoms with Gasteiger partial charge < -0.3 is 9.47 Å². The molecule has 1 heterocycles. The Labute approximate surface area is 103 Å². The number of methoxy groups -OCH3 is 1. The van der Waals surface area contributed by atoms with E-state index in [0.29, 0.717) is 11.3 Å². The number of fused-ring (bicyclic) bond motifs is 1. The Morgan fingerprint density at radius 2 is 2.22 bits per heavy atom. The van der Waals surface area contributed by atoms with E-state index in [1.54, 1.807) is 24.3 Å². The summed E-state index contributed by atoms with van der Waals surface area (Å²) in [7, 11) is 1.23. The molecule has 0 saturated carbocycles. The molecule has 1 aliphatic rings. The van der Waals surface area contributed by atoms with E-state index < -0.39 is 17.0 Å². The molecular weight excluding hydrogens is 238 g/mol. The molecule has 0 fully saturated rings. The maximum atomic E-state index is 11.2. The maximum absolute atomic E-state index is 11.2. The molecule has 94 valence electrons. The minimum absolute atomic E-state index is 0.140. The van der Waals surface area contributed by atoms with E-state index in [9.17, 15) is 14.9 Å². The number of benzene rings is 1. The van der Waals surface area contributed by atoms with Crippen molar-refractivity contribution in [2.24, 2.45) is 0 Å².